The zero-order valence-electron chi connectivity index (χ0n) is 34.6. The third-order valence-corrected chi connectivity index (χ3v) is 11.1. The topological polar surface area (TPSA) is 78.5 Å². The maximum Gasteiger partial charge on any atom is 0.328 e. The van der Waals surface area contributed by atoms with E-state index in [4.69, 9.17) is 0 Å². The van der Waals surface area contributed by atoms with Crippen molar-refractivity contribution in [2.45, 2.75) is 219 Å². The van der Waals surface area contributed by atoms with Crippen molar-refractivity contribution in [1.82, 2.24) is 10.6 Å². The van der Waals surface area contributed by atoms with E-state index < -0.39 is 17.8 Å². The standard InChI is InChI=1S/C47H81N3O3/c1-3-5-7-9-11-13-15-17-19-21-23-25-27-29-31-33-39-50(40-34-32-30-28-26-24-22-20-18-16-14-12-10-8-6-4-2)43-37-35-42(36-38-43)41-44-45(51)48-47(53)49-46(44)52/h35-38,41H,3-34,39-40H2,1-2H3,(H2,48,49,51,52,53). The Morgan fingerprint density at radius 3 is 1.00 bits per heavy atom. The Labute approximate surface area is 326 Å². The van der Waals surface area contributed by atoms with Crippen LogP contribution in [0.15, 0.2) is 29.8 Å². The highest BCUT2D eigenvalue weighted by Gasteiger charge is 2.27. The van der Waals surface area contributed by atoms with E-state index in [0.29, 0.717) is 0 Å². The normalized spacial score (nSPS) is 13.0. The van der Waals surface area contributed by atoms with Crippen molar-refractivity contribution in [2.24, 2.45) is 0 Å². The number of barbiturate groups is 1. The molecule has 0 aromatic heterocycles. The van der Waals surface area contributed by atoms with Crippen molar-refractivity contribution in [1.29, 1.82) is 0 Å². The summed E-state index contributed by atoms with van der Waals surface area (Å²) >= 11 is 0. The van der Waals surface area contributed by atoms with Crippen LogP contribution in [0.1, 0.15) is 225 Å². The number of amides is 4. The Morgan fingerprint density at radius 1 is 0.415 bits per heavy atom. The third-order valence-electron chi connectivity index (χ3n) is 11.1. The first-order valence-electron chi connectivity index (χ1n) is 22.8. The van der Waals surface area contributed by atoms with Crippen molar-refractivity contribution in [3.8, 4) is 0 Å². The molecule has 0 atom stereocenters. The number of anilines is 1. The van der Waals surface area contributed by atoms with Crippen LogP contribution in [0.2, 0.25) is 0 Å². The van der Waals surface area contributed by atoms with Crippen molar-refractivity contribution >= 4 is 29.6 Å². The van der Waals surface area contributed by atoms with Crippen molar-refractivity contribution in [2.75, 3.05) is 18.0 Å². The number of urea groups is 1. The van der Waals surface area contributed by atoms with Crippen molar-refractivity contribution < 1.29 is 14.4 Å². The SMILES string of the molecule is CCCCCCCCCCCCCCCCCCN(CCCCCCCCCCCCCCCCCC)c1ccc(C=C2C(=O)NC(=O)NC2=O)cc1. The number of carbonyl (C=O) groups excluding carboxylic acids is 3. The number of hydrogen-bond acceptors (Lipinski definition) is 4. The summed E-state index contributed by atoms with van der Waals surface area (Å²) < 4.78 is 0. The molecule has 4 amide bonds. The predicted octanol–water partition coefficient (Wildman–Crippen LogP) is 13.8. The molecular weight excluding hydrogens is 655 g/mol. The van der Waals surface area contributed by atoms with Crippen LogP contribution in [0.4, 0.5) is 10.5 Å². The van der Waals surface area contributed by atoms with E-state index in [1.165, 1.54) is 211 Å². The molecule has 0 unspecified atom stereocenters. The molecule has 0 spiro atoms. The lowest BCUT2D eigenvalue weighted by atomic mass is 10.0. The van der Waals surface area contributed by atoms with Crippen LogP contribution >= 0.6 is 0 Å². The summed E-state index contributed by atoms with van der Waals surface area (Å²) in [5.74, 6) is -1.31. The number of benzene rings is 1. The molecule has 1 fully saturated rings. The summed E-state index contributed by atoms with van der Waals surface area (Å²) in [5.41, 5.74) is 1.92. The maximum atomic E-state index is 12.2. The number of imide groups is 2. The van der Waals surface area contributed by atoms with Crippen LogP contribution in [0.5, 0.6) is 0 Å². The zero-order chi connectivity index (χ0) is 38.0. The Morgan fingerprint density at radius 2 is 0.698 bits per heavy atom. The van der Waals surface area contributed by atoms with Gasteiger partial charge in [-0.2, -0.15) is 0 Å². The molecule has 1 aromatic rings. The lowest BCUT2D eigenvalue weighted by Gasteiger charge is -2.25. The van der Waals surface area contributed by atoms with E-state index in [0.717, 1.165) is 18.7 Å². The van der Waals surface area contributed by atoms with Crippen LogP contribution in [-0.2, 0) is 9.59 Å². The van der Waals surface area contributed by atoms with Crippen LogP contribution in [0.25, 0.3) is 6.08 Å². The number of rotatable bonds is 36. The summed E-state index contributed by atoms with van der Waals surface area (Å²) in [7, 11) is 0. The summed E-state index contributed by atoms with van der Waals surface area (Å²) in [6.07, 6.45) is 45.7. The first-order chi connectivity index (χ1) is 26.0. The smallest absolute Gasteiger partial charge is 0.328 e. The van der Waals surface area contributed by atoms with Gasteiger partial charge in [0.15, 0.2) is 0 Å². The van der Waals surface area contributed by atoms with Gasteiger partial charge >= 0.3 is 6.03 Å². The van der Waals surface area contributed by atoms with Gasteiger partial charge in [-0.05, 0) is 36.6 Å². The Bertz CT molecular complexity index is 1040. The number of carbonyl (C=O) groups is 3. The Kier molecular flexibility index (Phi) is 28.8. The van der Waals surface area contributed by atoms with E-state index in [9.17, 15) is 14.4 Å². The van der Waals surface area contributed by atoms with Gasteiger partial charge in [-0.25, -0.2) is 4.79 Å². The monoisotopic (exact) mass is 736 g/mol. The average molecular weight is 736 g/mol. The van der Waals surface area contributed by atoms with E-state index in [1.54, 1.807) is 6.08 Å². The molecule has 1 aliphatic heterocycles. The fourth-order valence-electron chi connectivity index (χ4n) is 7.63. The predicted molar refractivity (Wildman–Crippen MR) is 227 cm³/mol. The Balaban J connectivity index is 1.66. The fourth-order valence-corrected chi connectivity index (χ4v) is 7.63. The molecule has 1 aliphatic rings. The second-order valence-electron chi connectivity index (χ2n) is 16.0. The number of nitrogens with one attached hydrogen (secondary N) is 2. The highest BCUT2D eigenvalue weighted by atomic mass is 16.2. The zero-order valence-corrected chi connectivity index (χ0v) is 34.6. The minimum absolute atomic E-state index is 0.0458. The van der Waals surface area contributed by atoms with Crippen LogP contribution in [0.3, 0.4) is 0 Å². The Hall–Kier alpha value is -2.63. The summed E-state index contributed by atoms with van der Waals surface area (Å²) in [6, 6.07) is 7.37. The van der Waals surface area contributed by atoms with Gasteiger partial charge in [-0.1, -0.05) is 219 Å². The molecule has 6 heteroatoms. The lowest BCUT2D eigenvalue weighted by Crippen LogP contribution is -2.51. The summed E-state index contributed by atoms with van der Waals surface area (Å²) in [6.45, 7) is 6.70. The van der Waals surface area contributed by atoms with Gasteiger partial charge in [-0.3, -0.25) is 20.2 Å². The van der Waals surface area contributed by atoms with Gasteiger partial charge in [0, 0.05) is 18.8 Å². The number of nitrogens with zero attached hydrogens (tertiary/aromatic N) is 1. The third kappa shape index (κ3) is 24.4. The molecule has 1 aromatic carbocycles. The molecule has 1 heterocycles. The molecule has 6 nitrogen and oxygen atoms in total. The molecule has 1 saturated heterocycles. The van der Waals surface area contributed by atoms with Crippen molar-refractivity contribution in [3.05, 3.63) is 35.4 Å². The van der Waals surface area contributed by atoms with E-state index in [-0.39, 0.29) is 5.57 Å². The fraction of sp³-hybridized carbons (Fsp3) is 0.766. The molecule has 302 valence electrons. The van der Waals surface area contributed by atoms with Crippen LogP contribution < -0.4 is 15.5 Å². The first-order valence-corrected chi connectivity index (χ1v) is 22.8. The minimum Gasteiger partial charge on any atom is -0.372 e. The highest BCUT2D eigenvalue weighted by Crippen LogP contribution is 2.21. The highest BCUT2D eigenvalue weighted by molar-refractivity contribution is 6.31. The number of unbranched alkanes of at least 4 members (excludes halogenated alkanes) is 30. The molecule has 2 N–H and O–H groups in total. The lowest BCUT2D eigenvalue weighted by molar-refractivity contribution is -0.123. The minimum atomic E-state index is -0.772. The maximum absolute atomic E-state index is 12.2. The number of hydrogen-bond donors (Lipinski definition) is 2. The van der Waals surface area contributed by atoms with Crippen LogP contribution in [0, 0.1) is 0 Å². The second-order valence-corrected chi connectivity index (χ2v) is 16.0. The van der Waals surface area contributed by atoms with Gasteiger partial charge in [-0.15, -0.1) is 0 Å². The first kappa shape index (κ1) is 46.5. The van der Waals surface area contributed by atoms with Crippen LogP contribution in [-0.4, -0.2) is 30.9 Å². The molecule has 0 aliphatic carbocycles. The van der Waals surface area contributed by atoms with Gasteiger partial charge in [0.25, 0.3) is 11.8 Å². The van der Waals surface area contributed by atoms with E-state index in [2.05, 4.69) is 41.5 Å². The molecular formula is C47H81N3O3. The summed E-state index contributed by atoms with van der Waals surface area (Å²) in [4.78, 5) is 38.3. The van der Waals surface area contributed by atoms with Crippen molar-refractivity contribution in [3.63, 3.8) is 0 Å². The van der Waals surface area contributed by atoms with E-state index >= 15 is 0 Å². The molecule has 2 rings (SSSR count). The van der Waals surface area contributed by atoms with Gasteiger partial charge in [0.1, 0.15) is 5.57 Å². The molecule has 0 saturated carbocycles. The average Bonchev–Trinajstić information content (AvgIpc) is 3.15. The van der Waals surface area contributed by atoms with Gasteiger partial charge in [0.2, 0.25) is 0 Å². The molecule has 0 bridgehead atoms. The van der Waals surface area contributed by atoms with E-state index in [1.807, 2.05) is 12.1 Å². The molecule has 53 heavy (non-hydrogen) atoms. The second kappa shape index (κ2) is 32.8. The van der Waals surface area contributed by atoms with Gasteiger partial charge in [0.05, 0.1) is 0 Å². The van der Waals surface area contributed by atoms with Gasteiger partial charge < -0.3 is 4.90 Å². The summed E-state index contributed by atoms with van der Waals surface area (Å²) in [5, 5.41) is 4.30. The quantitative estimate of drug-likeness (QED) is 0.0408. The largest absolute Gasteiger partial charge is 0.372 e. The molecule has 0 radical (unpaired) electrons.